The third-order valence-electron chi connectivity index (χ3n) is 4.87. The first-order valence-corrected chi connectivity index (χ1v) is 11.5. The van der Waals surface area contributed by atoms with Crippen molar-refractivity contribution in [1.82, 2.24) is 0 Å². The van der Waals surface area contributed by atoms with Gasteiger partial charge in [0.1, 0.15) is 24.0 Å². The van der Waals surface area contributed by atoms with Gasteiger partial charge in [-0.1, -0.05) is 44.0 Å². The van der Waals surface area contributed by atoms with Crippen molar-refractivity contribution in [3.63, 3.8) is 0 Å². The van der Waals surface area contributed by atoms with Gasteiger partial charge >= 0.3 is 0 Å². The minimum atomic E-state index is -0.444. The number of amides is 1. The van der Waals surface area contributed by atoms with E-state index in [1.807, 2.05) is 75.4 Å². The van der Waals surface area contributed by atoms with Crippen LogP contribution in [-0.4, -0.2) is 5.91 Å². The van der Waals surface area contributed by atoms with Gasteiger partial charge in [-0.3, -0.25) is 4.79 Å². The molecular weight excluding hydrogens is 532 g/mol. The van der Waals surface area contributed by atoms with E-state index >= 15 is 0 Å². The third-order valence-corrected chi connectivity index (χ3v) is 6.29. The van der Waals surface area contributed by atoms with E-state index in [0.717, 1.165) is 42.5 Å². The first-order valence-electron chi connectivity index (χ1n) is 9.94. The first kappa shape index (κ1) is 23.8. The maximum atomic E-state index is 12.6. The Morgan fingerprint density at radius 1 is 1.00 bits per heavy atom. The molecule has 0 saturated heterocycles. The molecule has 32 heavy (non-hydrogen) atoms. The Kier molecular flexibility index (Phi) is 7.89. The number of benzene rings is 3. The SMILES string of the molecule is Cc1cc(NC(=O)/C(C#N)=C/c2cc(C)c(OCc3ccc(Br)cc3)c(C)c2)ccc1Br. The molecule has 3 rings (SSSR count). The highest BCUT2D eigenvalue weighted by molar-refractivity contribution is 9.10. The van der Waals surface area contributed by atoms with Gasteiger partial charge in [0.15, 0.2) is 0 Å². The Morgan fingerprint density at radius 3 is 2.25 bits per heavy atom. The number of halogens is 2. The number of carbonyl (C=O) groups excluding carboxylic acids is 1. The molecule has 0 aliphatic heterocycles. The van der Waals surface area contributed by atoms with Crippen molar-refractivity contribution >= 4 is 49.5 Å². The van der Waals surface area contributed by atoms with Crippen molar-refractivity contribution in [2.24, 2.45) is 0 Å². The van der Waals surface area contributed by atoms with Crippen molar-refractivity contribution in [1.29, 1.82) is 5.26 Å². The van der Waals surface area contributed by atoms with Gasteiger partial charge in [-0.15, -0.1) is 0 Å². The monoisotopic (exact) mass is 552 g/mol. The van der Waals surface area contributed by atoms with Crippen LogP contribution in [0.4, 0.5) is 5.69 Å². The van der Waals surface area contributed by atoms with Gasteiger partial charge in [0.25, 0.3) is 5.91 Å². The van der Waals surface area contributed by atoms with E-state index in [0.29, 0.717) is 12.3 Å². The molecule has 3 aromatic carbocycles. The van der Waals surface area contributed by atoms with Crippen molar-refractivity contribution in [3.05, 3.63) is 96.9 Å². The minimum absolute atomic E-state index is 0.0351. The standard InChI is InChI=1S/C26H22Br2N2O2/c1-16-12-23(8-9-24(16)28)30-26(31)21(14-29)13-20-10-17(2)25(18(3)11-20)32-15-19-4-6-22(27)7-5-19/h4-13H,15H2,1-3H3,(H,30,31)/b21-13+. The molecule has 0 aromatic heterocycles. The van der Waals surface area contributed by atoms with Crippen LogP contribution in [-0.2, 0) is 11.4 Å². The van der Waals surface area contributed by atoms with Gasteiger partial charge in [0.2, 0.25) is 0 Å². The molecule has 6 heteroatoms. The smallest absolute Gasteiger partial charge is 0.266 e. The highest BCUT2D eigenvalue weighted by Crippen LogP contribution is 2.27. The lowest BCUT2D eigenvalue weighted by atomic mass is 10.0. The zero-order valence-electron chi connectivity index (χ0n) is 18.0. The summed E-state index contributed by atoms with van der Waals surface area (Å²) in [7, 11) is 0. The fraction of sp³-hybridized carbons (Fsp3) is 0.154. The zero-order chi connectivity index (χ0) is 23.3. The van der Waals surface area contributed by atoms with Crippen LogP contribution in [0.2, 0.25) is 0 Å². The van der Waals surface area contributed by atoms with Crippen LogP contribution >= 0.6 is 31.9 Å². The number of hydrogen-bond donors (Lipinski definition) is 1. The molecule has 1 amide bonds. The summed E-state index contributed by atoms with van der Waals surface area (Å²) >= 11 is 6.87. The maximum Gasteiger partial charge on any atom is 0.266 e. The van der Waals surface area contributed by atoms with Gasteiger partial charge < -0.3 is 10.1 Å². The molecule has 3 aromatic rings. The second-order valence-corrected chi connectivity index (χ2v) is 9.26. The molecule has 162 valence electrons. The molecule has 0 fully saturated rings. The number of nitriles is 1. The molecule has 0 radical (unpaired) electrons. The van der Waals surface area contributed by atoms with E-state index in [1.54, 1.807) is 12.1 Å². The number of aryl methyl sites for hydroxylation is 3. The Hall–Kier alpha value is -2.88. The fourth-order valence-corrected chi connectivity index (χ4v) is 3.78. The van der Waals surface area contributed by atoms with E-state index in [2.05, 4.69) is 37.2 Å². The lowest BCUT2D eigenvalue weighted by Gasteiger charge is -2.14. The Labute approximate surface area is 205 Å². The summed E-state index contributed by atoms with van der Waals surface area (Å²) in [4.78, 5) is 12.6. The van der Waals surface area contributed by atoms with Crippen molar-refractivity contribution < 1.29 is 9.53 Å². The van der Waals surface area contributed by atoms with E-state index in [4.69, 9.17) is 4.74 Å². The summed E-state index contributed by atoms with van der Waals surface area (Å²) in [6, 6.07) is 19.3. The summed E-state index contributed by atoms with van der Waals surface area (Å²) in [5.41, 5.74) is 5.39. The summed E-state index contributed by atoms with van der Waals surface area (Å²) in [6.45, 7) is 6.31. The predicted molar refractivity (Wildman–Crippen MR) is 135 cm³/mol. The molecule has 0 aliphatic rings. The number of anilines is 1. The molecule has 0 aliphatic carbocycles. The van der Waals surface area contributed by atoms with E-state index in [9.17, 15) is 10.1 Å². The quantitative estimate of drug-likeness (QED) is 0.258. The largest absolute Gasteiger partial charge is 0.488 e. The average molecular weight is 554 g/mol. The molecule has 4 nitrogen and oxygen atoms in total. The van der Waals surface area contributed by atoms with Gasteiger partial charge in [0, 0.05) is 14.6 Å². The van der Waals surface area contributed by atoms with E-state index in [1.165, 1.54) is 0 Å². The molecule has 0 heterocycles. The highest BCUT2D eigenvalue weighted by atomic mass is 79.9. The van der Waals surface area contributed by atoms with Crippen LogP contribution in [0, 0.1) is 32.1 Å². The first-order chi connectivity index (χ1) is 15.3. The van der Waals surface area contributed by atoms with Crippen molar-refractivity contribution in [2.45, 2.75) is 27.4 Å². The van der Waals surface area contributed by atoms with Crippen LogP contribution in [0.25, 0.3) is 6.08 Å². The summed E-state index contributed by atoms with van der Waals surface area (Å²) in [5, 5.41) is 12.3. The lowest BCUT2D eigenvalue weighted by Crippen LogP contribution is -2.13. The van der Waals surface area contributed by atoms with Gasteiger partial charge in [-0.2, -0.15) is 5.26 Å². The number of hydrogen-bond acceptors (Lipinski definition) is 3. The Bertz CT molecular complexity index is 1200. The maximum absolute atomic E-state index is 12.6. The number of ether oxygens (including phenoxy) is 1. The van der Waals surface area contributed by atoms with Gasteiger partial charge in [-0.05, 0) is 97.1 Å². The summed E-state index contributed by atoms with van der Waals surface area (Å²) in [6.07, 6.45) is 1.60. The predicted octanol–water partition coefficient (Wildman–Crippen LogP) is 7.26. The molecule has 0 atom stereocenters. The van der Waals surface area contributed by atoms with E-state index in [-0.39, 0.29) is 5.57 Å². The van der Waals surface area contributed by atoms with Gasteiger partial charge in [-0.25, -0.2) is 0 Å². The number of carbonyl (C=O) groups is 1. The second kappa shape index (κ2) is 10.6. The highest BCUT2D eigenvalue weighted by Gasteiger charge is 2.12. The number of nitrogens with one attached hydrogen (secondary N) is 1. The Balaban J connectivity index is 1.77. The van der Waals surface area contributed by atoms with Crippen LogP contribution in [0.3, 0.4) is 0 Å². The molecule has 0 spiro atoms. The zero-order valence-corrected chi connectivity index (χ0v) is 21.2. The summed E-state index contributed by atoms with van der Waals surface area (Å²) < 4.78 is 8.03. The minimum Gasteiger partial charge on any atom is -0.488 e. The lowest BCUT2D eigenvalue weighted by molar-refractivity contribution is -0.112. The van der Waals surface area contributed by atoms with Crippen LogP contribution < -0.4 is 10.1 Å². The van der Waals surface area contributed by atoms with Crippen molar-refractivity contribution in [2.75, 3.05) is 5.32 Å². The third kappa shape index (κ3) is 6.09. The molecule has 0 unspecified atom stereocenters. The van der Waals surface area contributed by atoms with Crippen LogP contribution in [0.15, 0.2) is 69.1 Å². The van der Waals surface area contributed by atoms with Crippen LogP contribution in [0.1, 0.15) is 27.8 Å². The van der Waals surface area contributed by atoms with Gasteiger partial charge in [0.05, 0.1) is 0 Å². The van der Waals surface area contributed by atoms with Crippen LogP contribution in [0.5, 0.6) is 5.75 Å². The normalized spacial score (nSPS) is 11.1. The van der Waals surface area contributed by atoms with Crippen molar-refractivity contribution in [3.8, 4) is 11.8 Å². The average Bonchev–Trinajstić information content (AvgIpc) is 2.75. The summed E-state index contributed by atoms with van der Waals surface area (Å²) in [5.74, 6) is 0.360. The molecular formula is C26H22Br2N2O2. The van der Waals surface area contributed by atoms with E-state index < -0.39 is 5.91 Å². The number of rotatable bonds is 6. The topological polar surface area (TPSA) is 62.1 Å². The Morgan fingerprint density at radius 2 is 1.66 bits per heavy atom. The molecule has 1 N–H and O–H groups in total. The fourth-order valence-electron chi connectivity index (χ4n) is 3.27. The molecule has 0 bridgehead atoms. The molecule has 0 saturated carbocycles. The second-order valence-electron chi connectivity index (χ2n) is 7.49. The number of nitrogens with zero attached hydrogens (tertiary/aromatic N) is 1.